The summed E-state index contributed by atoms with van der Waals surface area (Å²) in [6.45, 7) is 0. The number of carboxylic acids is 1. The van der Waals surface area contributed by atoms with Gasteiger partial charge in [-0.3, -0.25) is 9.36 Å². The molecule has 0 fully saturated rings. The van der Waals surface area contributed by atoms with E-state index < -0.39 is 5.97 Å². The van der Waals surface area contributed by atoms with E-state index in [9.17, 15) is 4.79 Å². The van der Waals surface area contributed by atoms with Gasteiger partial charge in [-0.15, -0.1) is 0 Å². The molecule has 0 aliphatic heterocycles. The fourth-order valence-corrected chi connectivity index (χ4v) is 3.37. The molecular weight excluding hydrogens is 399 g/mol. The zero-order chi connectivity index (χ0) is 14.8. The third kappa shape index (κ3) is 3.06. The second kappa shape index (κ2) is 6.07. The molecule has 106 valence electrons. The monoisotopic (exact) mass is 410 g/mol. The Morgan fingerprint density at radius 2 is 2.05 bits per heavy atom. The van der Waals surface area contributed by atoms with Crippen LogP contribution in [-0.4, -0.2) is 26.4 Å². The lowest BCUT2D eigenvalue weighted by Gasteiger charge is -2.08. The first-order chi connectivity index (χ1) is 10.1. The second-order valence-corrected chi connectivity index (χ2v) is 6.57. The van der Waals surface area contributed by atoms with Crippen LogP contribution in [-0.2, 0) is 4.79 Å². The van der Waals surface area contributed by atoms with Crippen molar-refractivity contribution < 1.29 is 9.90 Å². The van der Waals surface area contributed by atoms with Gasteiger partial charge in [0.05, 0.1) is 16.8 Å². The van der Waals surface area contributed by atoms with Crippen LogP contribution in [0.1, 0.15) is 0 Å². The summed E-state index contributed by atoms with van der Waals surface area (Å²) < 4.78 is 3.13. The average molecular weight is 410 g/mol. The quantitative estimate of drug-likeness (QED) is 0.525. The van der Waals surface area contributed by atoms with Crippen molar-refractivity contribution in [1.82, 2.24) is 9.55 Å². The smallest absolute Gasteiger partial charge is 0.313 e. The zero-order valence-electron chi connectivity index (χ0n) is 10.9. The number of carbonyl (C=O) groups is 1. The number of fused-ring (bicyclic) bond motifs is 1. The Kier molecular flexibility index (Phi) is 4.16. The minimum atomic E-state index is -0.846. The van der Waals surface area contributed by atoms with Gasteiger partial charge in [0.1, 0.15) is 0 Å². The summed E-state index contributed by atoms with van der Waals surface area (Å²) in [5.74, 6) is -0.853. The highest BCUT2D eigenvalue weighted by atomic mass is 127. The first-order valence-electron chi connectivity index (χ1n) is 6.23. The van der Waals surface area contributed by atoms with E-state index in [2.05, 4.69) is 33.6 Å². The van der Waals surface area contributed by atoms with Gasteiger partial charge in [0.2, 0.25) is 0 Å². The molecule has 6 heteroatoms. The standard InChI is InChI=1S/C15H11IN2O2S/c16-10-4-3-5-11(8-10)18-13-7-2-1-6-12(13)17-15(18)21-9-14(19)20/h1-8H,9H2,(H,19,20). The lowest BCUT2D eigenvalue weighted by molar-refractivity contribution is -0.133. The number of aromatic nitrogens is 2. The summed E-state index contributed by atoms with van der Waals surface area (Å²) in [5.41, 5.74) is 2.83. The van der Waals surface area contributed by atoms with Crippen LogP contribution in [0, 0.1) is 3.57 Å². The molecule has 0 spiro atoms. The number of nitrogens with zero attached hydrogens (tertiary/aromatic N) is 2. The van der Waals surface area contributed by atoms with Gasteiger partial charge in [-0.1, -0.05) is 30.0 Å². The maximum atomic E-state index is 10.8. The van der Waals surface area contributed by atoms with E-state index in [-0.39, 0.29) is 5.75 Å². The molecule has 0 saturated heterocycles. The van der Waals surface area contributed by atoms with E-state index in [1.165, 1.54) is 11.8 Å². The predicted octanol–water partition coefficient (Wildman–Crippen LogP) is 3.81. The molecule has 21 heavy (non-hydrogen) atoms. The maximum absolute atomic E-state index is 10.8. The van der Waals surface area contributed by atoms with E-state index in [1.807, 2.05) is 47.0 Å². The Morgan fingerprint density at radius 3 is 2.81 bits per heavy atom. The lowest BCUT2D eigenvalue weighted by Crippen LogP contribution is -2.02. The molecule has 1 N–H and O–H groups in total. The summed E-state index contributed by atoms with van der Waals surface area (Å²) in [5, 5.41) is 9.59. The highest BCUT2D eigenvalue weighted by Crippen LogP contribution is 2.28. The minimum Gasteiger partial charge on any atom is -0.481 e. The molecule has 3 aromatic rings. The number of para-hydroxylation sites is 2. The molecule has 3 rings (SSSR count). The fraction of sp³-hybridized carbons (Fsp3) is 0.0667. The maximum Gasteiger partial charge on any atom is 0.313 e. The van der Waals surface area contributed by atoms with Gasteiger partial charge >= 0.3 is 5.97 Å². The molecule has 0 aliphatic carbocycles. The zero-order valence-corrected chi connectivity index (χ0v) is 13.8. The topological polar surface area (TPSA) is 55.1 Å². The molecule has 0 amide bonds. The van der Waals surface area contributed by atoms with Gasteiger partial charge in [0.15, 0.2) is 5.16 Å². The van der Waals surface area contributed by atoms with Crippen molar-refractivity contribution in [1.29, 1.82) is 0 Å². The number of hydrogen-bond acceptors (Lipinski definition) is 3. The first-order valence-corrected chi connectivity index (χ1v) is 8.29. The van der Waals surface area contributed by atoms with Crippen molar-refractivity contribution in [2.75, 3.05) is 5.75 Å². The van der Waals surface area contributed by atoms with Crippen molar-refractivity contribution in [3.8, 4) is 5.69 Å². The van der Waals surface area contributed by atoms with Crippen LogP contribution in [0.25, 0.3) is 16.7 Å². The highest BCUT2D eigenvalue weighted by Gasteiger charge is 2.14. The summed E-state index contributed by atoms with van der Waals surface area (Å²) >= 11 is 3.49. The van der Waals surface area contributed by atoms with E-state index in [1.54, 1.807) is 0 Å². The Bertz CT molecular complexity index is 816. The molecule has 0 aliphatic rings. The number of thioether (sulfide) groups is 1. The molecule has 4 nitrogen and oxygen atoms in total. The number of rotatable bonds is 4. The molecule has 0 saturated carbocycles. The van der Waals surface area contributed by atoms with Crippen LogP contribution in [0.2, 0.25) is 0 Å². The average Bonchev–Trinajstić information content (AvgIpc) is 2.83. The molecule has 1 aromatic heterocycles. The van der Waals surface area contributed by atoms with E-state index in [0.717, 1.165) is 20.3 Å². The van der Waals surface area contributed by atoms with E-state index in [0.29, 0.717) is 5.16 Å². The number of benzene rings is 2. The SMILES string of the molecule is O=C(O)CSc1nc2ccccc2n1-c1cccc(I)c1. The van der Waals surface area contributed by atoms with Crippen LogP contribution in [0.5, 0.6) is 0 Å². The molecule has 0 atom stereocenters. The van der Waals surface area contributed by atoms with Crippen LogP contribution >= 0.6 is 34.4 Å². The van der Waals surface area contributed by atoms with Gasteiger partial charge in [-0.05, 0) is 52.9 Å². The van der Waals surface area contributed by atoms with Gasteiger partial charge in [-0.25, -0.2) is 4.98 Å². The normalized spacial score (nSPS) is 10.9. The summed E-state index contributed by atoms with van der Waals surface area (Å²) in [6, 6.07) is 15.9. The van der Waals surface area contributed by atoms with E-state index >= 15 is 0 Å². The summed E-state index contributed by atoms with van der Waals surface area (Å²) in [7, 11) is 0. The van der Waals surface area contributed by atoms with Crippen LogP contribution in [0.3, 0.4) is 0 Å². The van der Waals surface area contributed by atoms with Gasteiger partial charge in [-0.2, -0.15) is 0 Å². The Labute approximate surface area is 139 Å². The Morgan fingerprint density at radius 1 is 1.24 bits per heavy atom. The van der Waals surface area contributed by atoms with Crippen LogP contribution in [0.4, 0.5) is 0 Å². The molecule has 0 bridgehead atoms. The first kappa shape index (κ1) is 14.4. The van der Waals surface area contributed by atoms with Crippen molar-refractivity contribution in [3.63, 3.8) is 0 Å². The van der Waals surface area contributed by atoms with Crippen molar-refractivity contribution in [2.45, 2.75) is 5.16 Å². The summed E-state index contributed by atoms with van der Waals surface area (Å²) in [4.78, 5) is 15.4. The molecule has 0 radical (unpaired) electrons. The molecule has 2 aromatic carbocycles. The lowest BCUT2D eigenvalue weighted by atomic mass is 10.3. The number of carboxylic acid groups (broad SMARTS) is 1. The van der Waals surface area contributed by atoms with Crippen LogP contribution < -0.4 is 0 Å². The minimum absolute atomic E-state index is 0.00670. The fourth-order valence-electron chi connectivity index (χ4n) is 2.09. The third-order valence-electron chi connectivity index (χ3n) is 2.92. The van der Waals surface area contributed by atoms with Crippen molar-refractivity contribution >= 4 is 51.4 Å². The van der Waals surface area contributed by atoms with Crippen LogP contribution in [0.15, 0.2) is 53.7 Å². The molecular formula is C15H11IN2O2S. The summed E-state index contributed by atoms with van der Waals surface area (Å²) in [6.07, 6.45) is 0. The number of imidazole rings is 1. The number of halogens is 1. The van der Waals surface area contributed by atoms with Crippen molar-refractivity contribution in [2.24, 2.45) is 0 Å². The van der Waals surface area contributed by atoms with Gasteiger partial charge in [0.25, 0.3) is 0 Å². The van der Waals surface area contributed by atoms with Crippen molar-refractivity contribution in [3.05, 3.63) is 52.1 Å². The van der Waals surface area contributed by atoms with E-state index in [4.69, 9.17) is 5.11 Å². The molecule has 0 unspecified atom stereocenters. The predicted molar refractivity (Wildman–Crippen MR) is 92.1 cm³/mol. The largest absolute Gasteiger partial charge is 0.481 e. The second-order valence-electron chi connectivity index (χ2n) is 4.38. The number of aliphatic carboxylic acids is 1. The Hall–Kier alpha value is -1.54. The Balaban J connectivity index is 2.17. The highest BCUT2D eigenvalue weighted by molar-refractivity contribution is 14.1. The third-order valence-corrected chi connectivity index (χ3v) is 4.52. The van der Waals surface area contributed by atoms with Gasteiger partial charge in [0, 0.05) is 9.26 Å². The molecule has 1 heterocycles. The number of hydrogen-bond donors (Lipinski definition) is 1. The van der Waals surface area contributed by atoms with Gasteiger partial charge < -0.3 is 5.11 Å².